The molecular weight excluding hydrogens is 773 g/mol. The Bertz CT molecular complexity index is 3590. The molecule has 0 N–H and O–H groups in total. The lowest BCUT2D eigenvalue weighted by Crippen LogP contribution is -2.04. The average molecular weight is 809 g/mol. The first-order valence-electron chi connectivity index (χ1n) is 20.8. The van der Waals surface area contributed by atoms with Crippen LogP contribution in [-0.2, 0) is 0 Å². The van der Waals surface area contributed by atoms with Gasteiger partial charge >= 0.3 is 0 Å². The number of hydrogen-bond donors (Lipinski definition) is 0. The highest BCUT2D eigenvalue weighted by molar-refractivity contribution is 7.25. The van der Waals surface area contributed by atoms with Crippen LogP contribution in [0.15, 0.2) is 218 Å². The molecule has 0 unspecified atom stereocenters. The van der Waals surface area contributed by atoms with Crippen molar-refractivity contribution in [3.63, 3.8) is 0 Å². The number of thiophene rings is 1. The molecule has 12 aromatic rings. The molecule has 0 atom stereocenters. The van der Waals surface area contributed by atoms with Crippen molar-refractivity contribution in [1.82, 2.24) is 19.5 Å². The summed E-state index contributed by atoms with van der Waals surface area (Å²) in [6.07, 6.45) is 0. The number of rotatable bonds is 7. The van der Waals surface area contributed by atoms with E-state index >= 15 is 0 Å². The van der Waals surface area contributed by atoms with E-state index in [1.165, 1.54) is 30.9 Å². The first kappa shape index (κ1) is 35.9. The van der Waals surface area contributed by atoms with Crippen LogP contribution >= 0.6 is 11.3 Å². The zero-order valence-corrected chi connectivity index (χ0v) is 34.3. The highest BCUT2D eigenvalue weighted by Crippen LogP contribution is 2.40. The molecule has 12 rings (SSSR count). The van der Waals surface area contributed by atoms with E-state index in [9.17, 15) is 0 Å². The second-order valence-corrected chi connectivity index (χ2v) is 16.7. The van der Waals surface area contributed by atoms with E-state index in [1.807, 2.05) is 17.4 Å². The molecule has 62 heavy (non-hydrogen) atoms. The van der Waals surface area contributed by atoms with E-state index in [0.717, 1.165) is 66.8 Å². The predicted molar refractivity (Wildman–Crippen MR) is 260 cm³/mol. The minimum Gasteiger partial charge on any atom is -0.308 e. The third kappa shape index (κ3) is 6.18. The van der Waals surface area contributed by atoms with Gasteiger partial charge in [-0.1, -0.05) is 176 Å². The fourth-order valence-corrected chi connectivity index (χ4v) is 10.1. The maximum Gasteiger partial charge on any atom is 0.166 e. The smallest absolute Gasteiger partial charge is 0.166 e. The third-order valence-electron chi connectivity index (χ3n) is 11.9. The Morgan fingerprint density at radius 2 is 0.806 bits per heavy atom. The molecule has 4 nitrogen and oxygen atoms in total. The van der Waals surface area contributed by atoms with Crippen molar-refractivity contribution in [2.24, 2.45) is 0 Å². The molecule has 0 saturated carbocycles. The lowest BCUT2D eigenvalue weighted by Gasteiger charge is -2.17. The Morgan fingerprint density at radius 1 is 0.290 bits per heavy atom. The van der Waals surface area contributed by atoms with Gasteiger partial charge in [-0.2, -0.15) is 0 Å². The summed E-state index contributed by atoms with van der Waals surface area (Å²) in [7, 11) is 0. The van der Waals surface area contributed by atoms with Gasteiger partial charge in [0.05, 0.1) is 16.7 Å². The Kier molecular flexibility index (Phi) is 8.65. The van der Waals surface area contributed by atoms with Crippen LogP contribution in [0.1, 0.15) is 0 Å². The molecule has 0 aliphatic heterocycles. The first-order chi connectivity index (χ1) is 30.7. The lowest BCUT2D eigenvalue weighted by atomic mass is 9.98. The van der Waals surface area contributed by atoms with Crippen molar-refractivity contribution < 1.29 is 0 Å². The molecule has 3 heterocycles. The summed E-state index contributed by atoms with van der Waals surface area (Å²) in [5.41, 5.74) is 12.7. The van der Waals surface area contributed by atoms with Crippen LogP contribution < -0.4 is 0 Å². The minimum absolute atomic E-state index is 0.599. The maximum atomic E-state index is 5.42. The van der Waals surface area contributed by atoms with Gasteiger partial charge in [0.2, 0.25) is 0 Å². The fourth-order valence-electron chi connectivity index (χ4n) is 8.93. The molecule has 290 valence electrons. The predicted octanol–water partition coefficient (Wildman–Crippen LogP) is 15.3. The van der Waals surface area contributed by atoms with E-state index in [0.29, 0.717) is 17.5 Å². The molecule has 0 fully saturated rings. The SMILES string of the molecule is c1ccc(-c2ccc(-c3nc(-c4cccc(-c5ccc6c(c5)sc5ccccc56)c4)nc(-c4ccccc4-c4ccccc4)n3)c(-n3c4ccccc4c4ccccc43)c2)cc1. The molecule has 9 aromatic carbocycles. The molecule has 0 radical (unpaired) electrons. The summed E-state index contributed by atoms with van der Waals surface area (Å²) in [6, 6.07) is 77.4. The number of nitrogens with zero attached hydrogens (tertiary/aromatic N) is 4. The van der Waals surface area contributed by atoms with Gasteiger partial charge in [0.1, 0.15) is 0 Å². The van der Waals surface area contributed by atoms with Gasteiger partial charge in [-0.05, 0) is 75.8 Å². The Morgan fingerprint density at radius 3 is 1.56 bits per heavy atom. The third-order valence-corrected chi connectivity index (χ3v) is 13.0. The van der Waals surface area contributed by atoms with Gasteiger partial charge in [-0.25, -0.2) is 15.0 Å². The van der Waals surface area contributed by atoms with Crippen molar-refractivity contribution in [3.05, 3.63) is 218 Å². The molecule has 0 spiro atoms. The van der Waals surface area contributed by atoms with Crippen LogP contribution in [0.25, 0.3) is 115 Å². The van der Waals surface area contributed by atoms with Crippen molar-refractivity contribution in [2.75, 3.05) is 0 Å². The molecule has 0 amide bonds. The Labute approximate surface area is 362 Å². The summed E-state index contributed by atoms with van der Waals surface area (Å²) >= 11 is 1.84. The minimum atomic E-state index is 0.599. The summed E-state index contributed by atoms with van der Waals surface area (Å²) in [5, 5.41) is 4.97. The van der Waals surface area contributed by atoms with Crippen LogP contribution in [0.2, 0.25) is 0 Å². The van der Waals surface area contributed by atoms with E-state index < -0.39 is 0 Å². The van der Waals surface area contributed by atoms with Crippen LogP contribution in [0, 0.1) is 0 Å². The topological polar surface area (TPSA) is 43.6 Å². The number of aromatic nitrogens is 4. The zero-order chi connectivity index (χ0) is 41.0. The second kappa shape index (κ2) is 14.9. The maximum absolute atomic E-state index is 5.42. The molecule has 0 bridgehead atoms. The van der Waals surface area contributed by atoms with Crippen molar-refractivity contribution in [2.45, 2.75) is 0 Å². The van der Waals surface area contributed by atoms with Crippen LogP contribution in [0.3, 0.4) is 0 Å². The number of fused-ring (bicyclic) bond motifs is 6. The van der Waals surface area contributed by atoms with E-state index in [2.05, 4.69) is 217 Å². The van der Waals surface area contributed by atoms with Crippen LogP contribution in [0.5, 0.6) is 0 Å². The molecule has 3 aromatic heterocycles. The van der Waals surface area contributed by atoms with Gasteiger partial charge in [0.25, 0.3) is 0 Å². The fraction of sp³-hybridized carbons (Fsp3) is 0. The van der Waals surface area contributed by atoms with E-state index in [1.54, 1.807) is 0 Å². The van der Waals surface area contributed by atoms with E-state index in [4.69, 9.17) is 15.0 Å². The molecule has 0 aliphatic carbocycles. The largest absolute Gasteiger partial charge is 0.308 e. The lowest BCUT2D eigenvalue weighted by molar-refractivity contribution is 1.06. The van der Waals surface area contributed by atoms with Crippen molar-refractivity contribution in [1.29, 1.82) is 0 Å². The molecular formula is C57H36N4S. The number of para-hydroxylation sites is 2. The Hall–Kier alpha value is -7.99. The van der Waals surface area contributed by atoms with Gasteiger partial charge in [-0.3, -0.25) is 0 Å². The van der Waals surface area contributed by atoms with Crippen molar-refractivity contribution in [3.8, 4) is 73.2 Å². The van der Waals surface area contributed by atoms with Gasteiger partial charge in [0.15, 0.2) is 17.5 Å². The van der Waals surface area contributed by atoms with Gasteiger partial charge in [-0.15, -0.1) is 11.3 Å². The normalized spacial score (nSPS) is 11.5. The monoisotopic (exact) mass is 808 g/mol. The standard InChI is InChI=1S/C57H36N4S/c1-3-16-37(17-4-1)40-31-33-49(52(35-40)61-50-27-12-9-23-44(50)45-24-10-13-28-51(45)61)57-59-55(58-56(60-57)48-26-8-7-22-43(48)38-18-5-2-6-19-38)42-21-15-20-39(34-42)41-30-32-47-46-25-11-14-29-53(46)62-54(47)36-41/h1-36H. The first-order valence-corrected chi connectivity index (χ1v) is 21.7. The Balaban J connectivity index is 1.10. The summed E-state index contributed by atoms with van der Waals surface area (Å²) in [5.74, 6) is 1.82. The summed E-state index contributed by atoms with van der Waals surface area (Å²) < 4.78 is 4.94. The molecule has 0 saturated heterocycles. The quantitative estimate of drug-likeness (QED) is 0.161. The van der Waals surface area contributed by atoms with E-state index in [-0.39, 0.29) is 0 Å². The average Bonchev–Trinajstić information content (AvgIpc) is 3.90. The summed E-state index contributed by atoms with van der Waals surface area (Å²) in [6.45, 7) is 0. The number of benzene rings is 9. The van der Waals surface area contributed by atoms with Crippen molar-refractivity contribution >= 4 is 53.3 Å². The number of hydrogen-bond acceptors (Lipinski definition) is 4. The van der Waals surface area contributed by atoms with Crippen LogP contribution in [-0.4, -0.2) is 19.5 Å². The van der Waals surface area contributed by atoms with Crippen LogP contribution in [0.4, 0.5) is 0 Å². The molecule has 5 heteroatoms. The summed E-state index contributed by atoms with van der Waals surface area (Å²) in [4.78, 5) is 16.2. The molecule has 0 aliphatic rings. The van der Waals surface area contributed by atoms with Gasteiger partial charge in [0, 0.05) is 47.6 Å². The zero-order valence-electron chi connectivity index (χ0n) is 33.5. The highest BCUT2D eigenvalue weighted by Gasteiger charge is 2.21. The highest BCUT2D eigenvalue weighted by atomic mass is 32.1. The second-order valence-electron chi connectivity index (χ2n) is 15.6. The van der Waals surface area contributed by atoms with Gasteiger partial charge < -0.3 is 4.57 Å².